The van der Waals surface area contributed by atoms with E-state index >= 15 is 0 Å². The molecule has 0 saturated carbocycles. The molecule has 0 aliphatic rings. The summed E-state index contributed by atoms with van der Waals surface area (Å²) in [5, 5.41) is 16.4. The monoisotopic (exact) mass is 234 g/mol. The molecule has 0 amide bonds. The van der Waals surface area contributed by atoms with Crippen LogP contribution < -0.4 is 4.74 Å². The smallest absolute Gasteiger partial charge is 0.145 e. The third-order valence-electron chi connectivity index (χ3n) is 2.46. The molecule has 0 spiro atoms. The van der Waals surface area contributed by atoms with Gasteiger partial charge in [-0.15, -0.1) is 0 Å². The quantitative estimate of drug-likeness (QED) is 0.848. The molecular weight excluding hydrogens is 220 g/mol. The number of aliphatic hydroxyl groups excluding tert-OH is 1. The molecule has 1 aromatic carbocycles. The van der Waals surface area contributed by atoms with Gasteiger partial charge in [0.1, 0.15) is 23.7 Å². The molecular formula is C12H14N2O3. The van der Waals surface area contributed by atoms with E-state index in [1.54, 1.807) is 0 Å². The molecule has 0 atom stereocenters. The lowest BCUT2D eigenvalue weighted by Gasteiger charge is -2.09. The summed E-state index contributed by atoms with van der Waals surface area (Å²) >= 11 is 0. The van der Waals surface area contributed by atoms with Gasteiger partial charge in [-0.3, -0.25) is 0 Å². The van der Waals surface area contributed by atoms with E-state index in [1.165, 1.54) is 0 Å². The number of aryl methyl sites for hydroxylation is 1. The number of rotatable bonds is 5. The highest BCUT2D eigenvalue weighted by Gasteiger charge is 2.07. The van der Waals surface area contributed by atoms with Crippen molar-refractivity contribution >= 4 is 0 Å². The summed E-state index contributed by atoms with van der Waals surface area (Å²) in [5.74, 6) is 0.754. The second-order valence-corrected chi connectivity index (χ2v) is 3.67. The van der Waals surface area contributed by atoms with Gasteiger partial charge in [0.15, 0.2) is 0 Å². The standard InChI is InChI=1S/C12H14N2O3/c1-9-11(14-17-13-9)8-16-12-5-3-2-4-10(12)6-7-15/h2-5,15H,6-8H2,1H3. The molecule has 0 aliphatic carbocycles. The van der Waals surface area contributed by atoms with Gasteiger partial charge < -0.3 is 9.84 Å². The summed E-state index contributed by atoms with van der Waals surface area (Å²) in [5.41, 5.74) is 2.39. The van der Waals surface area contributed by atoms with Crippen LogP contribution in [-0.2, 0) is 13.0 Å². The molecule has 1 N–H and O–H groups in total. The van der Waals surface area contributed by atoms with Crippen LogP contribution in [0.1, 0.15) is 17.0 Å². The number of benzene rings is 1. The third-order valence-corrected chi connectivity index (χ3v) is 2.46. The molecule has 0 unspecified atom stereocenters. The van der Waals surface area contributed by atoms with Gasteiger partial charge in [0.25, 0.3) is 0 Å². The number of nitrogens with zero attached hydrogens (tertiary/aromatic N) is 2. The number of hydrogen-bond acceptors (Lipinski definition) is 5. The van der Waals surface area contributed by atoms with Gasteiger partial charge in [-0.2, -0.15) is 0 Å². The van der Waals surface area contributed by atoms with Crippen molar-refractivity contribution in [3.63, 3.8) is 0 Å². The van der Waals surface area contributed by atoms with Crippen LogP contribution in [0, 0.1) is 6.92 Å². The van der Waals surface area contributed by atoms with Gasteiger partial charge in [-0.1, -0.05) is 28.5 Å². The summed E-state index contributed by atoms with van der Waals surface area (Å²) < 4.78 is 10.2. The Bertz CT molecular complexity index is 482. The first kappa shape index (κ1) is 11.6. The van der Waals surface area contributed by atoms with Crippen LogP contribution >= 0.6 is 0 Å². The Kier molecular flexibility index (Phi) is 3.72. The zero-order chi connectivity index (χ0) is 12.1. The van der Waals surface area contributed by atoms with Crippen molar-refractivity contribution < 1.29 is 14.5 Å². The molecule has 2 aromatic rings. The van der Waals surface area contributed by atoms with Crippen LogP contribution in [0.15, 0.2) is 28.9 Å². The Morgan fingerprint density at radius 2 is 2.12 bits per heavy atom. The second-order valence-electron chi connectivity index (χ2n) is 3.67. The fraction of sp³-hybridized carbons (Fsp3) is 0.333. The van der Waals surface area contributed by atoms with E-state index < -0.39 is 0 Å². The first-order chi connectivity index (χ1) is 8.31. The molecule has 5 nitrogen and oxygen atoms in total. The Balaban J connectivity index is 2.06. The predicted octanol–water partition coefficient (Wildman–Crippen LogP) is 1.49. The lowest BCUT2D eigenvalue weighted by molar-refractivity contribution is 0.264. The third kappa shape index (κ3) is 2.82. The summed E-state index contributed by atoms with van der Waals surface area (Å²) in [6, 6.07) is 7.61. The summed E-state index contributed by atoms with van der Waals surface area (Å²) in [4.78, 5) is 0. The Labute approximate surface area is 99.0 Å². The maximum Gasteiger partial charge on any atom is 0.145 e. The highest BCUT2D eigenvalue weighted by atomic mass is 16.6. The number of para-hydroxylation sites is 1. The molecule has 5 heteroatoms. The molecule has 1 aromatic heterocycles. The molecule has 1 heterocycles. The number of hydrogen-bond donors (Lipinski definition) is 1. The van der Waals surface area contributed by atoms with Crippen LogP contribution in [0.4, 0.5) is 0 Å². The Hall–Kier alpha value is -1.88. The average Bonchev–Trinajstić information content (AvgIpc) is 2.74. The van der Waals surface area contributed by atoms with E-state index in [0.717, 1.165) is 17.0 Å². The minimum absolute atomic E-state index is 0.102. The van der Waals surface area contributed by atoms with E-state index in [2.05, 4.69) is 14.9 Å². The van der Waals surface area contributed by atoms with Crippen molar-refractivity contribution in [3.8, 4) is 5.75 Å². The van der Waals surface area contributed by atoms with Crippen molar-refractivity contribution in [1.29, 1.82) is 0 Å². The van der Waals surface area contributed by atoms with Gasteiger partial charge in [-0.25, -0.2) is 4.63 Å². The van der Waals surface area contributed by atoms with E-state index in [9.17, 15) is 0 Å². The molecule has 2 rings (SSSR count). The lowest BCUT2D eigenvalue weighted by Crippen LogP contribution is -2.01. The van der Waals surface area contributed by atoms with Crippen molar-refractivity contribution in [1.82, 2.24) is 10.3 Å². The highest BCUT2D eigenvalue weighted by molar-refractivity contribution is 5.33. The molecule has 0 bridgehead atoms. The molecule has 0 radical (unpaired) electrons. The van der Waals surface area contributed by atoms with Gasteiger partial charge in [0, 0.05) is 6.61 Å². The van der Waals surface area contributed by atoms with Gasteiger partial charge in [-0.05, 0) is 25.0 Å². The van der Waals surface area contributed by atoms with Crippen LogP contribution in [0.3, 0.4) is 0 Å². The molecule has 0 fully saturated rings. The van der Waals surface area contributed by atoms with Crippen molar-refractivity contribution in [3.05, 3.63) is 41.2 Å². The molecule has 90 valence electrons. The SMILES string of the molecule is Cc1nonc1COc1ccccc1CCO. The maximum absolute atomic E-state index is 8.95. The van der Waals surface area contributed by atoms with E-state index in [0.29, 0.717) is 18.7 Å². The normalized spacial score (nSPS) is 10.5. The zero-order valence-corrected chi connectivity index (χ0v) is 9.59. The zero-order valence-electron chi connectivity index (χ0n) is 9.59. The maximum atomic E-state index is 8.95. The fourth-order valence-electron chi connectivity index (χ4n) is 1.50. The summed E-state index contributed by atoms with van der Waals surface area (Å²) in [7, 11) is 0. The van der Waals surface area contributed by atoms with Crippen molar-refractivity contribution in [2.24, 2.45) is 0 Å². The fourth-order valence-corrected chi connectivity index (χ4v) is 1.50. The molecule has 0 saturated heterocycles. The lowest BCUT2D eigenvalue weighted by atomic mass is 10.1. The average molecular weight is 234 g/mol. The summed E-state index contributed by atoms with van der Waals surface area (Å²) in [6.07, 6.45) is 0.576. The van der Waals surface area contributed by atoms with E-state index in [-0.39, 0.29) is 6.61 Å². The topological polar surface area (TPSA) is 68.4 Å². The van der Waals surface area contributed by atoms with Crippen molar-refractivity contribution in [2.75, 3.05) is 6.61 Å². The molecule has 17 heavy (non-hydrogen) atoms. The largest absolute Gasteiger partial charge is 0.487 e. The first-order valence-corrected chi connectivity index (χ1v) is 5.41. The Morgan fingerprint density at radius 3 is 2.82 bits per heavy atom. The van der Waals surface area contributed by atoms with E-state index in [1.807, 2.05) is 31.2 Å². The second kappa shape index (κ2) is 5.45. The van der Waals surface area contributed by atoms with Gasteiger partial charge in [0.05, 0.1) is 0 Å². The van der Waals surface area contributed by atoms with E-state index in [4.69, 9.17) is 9.84 Å². The minimum Gasteiger partial charge on any atom is -0.487 e. The predicted molar refractivity (Wildman–Crippen MR) is 60.6 cm³/mol. The number of aromatic nitrogens is 2. The number of aliphatic hydroxyl groups is 1. The van der Waals surface area contributed by atoms with Crippen LogP contribution in [0.2, 0.25) is 0 Å². The van der Waals surface area contributed by atoms with Crippen LogP contribution in [0.25, 0.3) is 0 Å². The Morgan fingerprint density at radius 1 is 1.29 bits per heavy atom. The highest BCUT2D eigenvalue weighted by Crippen LogP contribution is 2.19. The van der Waals surface area contributed by atoms with Crippen LogP contribution in [-0.4, -0.2) is 22.0 Å². The first-order valence-electron chi connectivity index (χ1n) is 5.41. The summed E-state index contributed by atoms with van der Waals surface area (Å²) in [6.45, 7) is 2.23. The minimum atomic E-state index is 0.102. The van der Waals surface area contributed by atoms with Gasteiger partial charge >= 0.3 is 0 Å². The molecule has 0 aliphatic heterocycles. The van der Waals surface area contributed by atoms with Crippen molar-refractivity contribution in [2.45, 2.75) is 20.0 Å². The van der Waals surface area contributed by atoms with Crippen LogP contribution in [0.5, 0.6) is 5.75 Å². The number of ether oxygens (including phenoxy) is 1. The van der Waals surface area contributed by atoms with Gasteiger partial charge in [0.2, 0.25) is 0 Å².